The maximum atomic E-state index is 5.42. The molecule has 2 N–H and O–H groups in total. The first kappa shape index (κ1) is 7.98. The number of hydrogen-bond acceptors (Lipinski definition) is 2. The van der Waals surface area contributed by atoms with Crippen LogP contribution in [0.4, 0.5) is 0 Å². The molecule has 3 heteroatoms. The monoisotopic (exact) mass is 217 g/mol. The zero-order valence-corrected chi connectivity index (χ0v) is 7.83. The molecule has 0 unspecified atom stereocenters. The fourth-order valence-corrected chi connectivity index (χ4v) is 2.28. The summed E-state index contributed by atoms with van der Waals surface area (Å²) >= 11 is 5.06. The van der Waals surface area contributed by atoms with Crippen molar-refractivity contribution in [3.05, 3.63) is 27.4 Å². The van der Waals surface area contributed by atoms with E-state index in [4.69, 9.17) is 5.73 Å². The Morgan fingerprint density at radius 2 is 2.50 bits per heavy atom. The first-order valence-electron chi connectivity index (χ1n) is 2.87. The molecule has 10 heavy (non-hydrogen) atoms. The zero-order chi connectivity index (χ0) is 7.56. The molecule has 0 aliphatic rings. The van der Waals surface area contributed by atoms with Crippen LogP contribution in [-0.2, 0) is 0 Å². The second-order valence-corrected chi connectivity index (χ2v) is 3.68. The van der Waals surface area contributed by atoms with Gasteiger partial charge >= 0.3 is 0 Å². The number of nitrogens with two attached hydrogens (primary N) is 1. The van der Waals surface area contributed by atoms with Gasteiger partial charge in [-0.25, -0.2) is 0 Å². The minimum Gasteiger partial charge on any atom is -0.326 e. The quantitative estimate of drug-likeness (QED) is 0.810. The Bertz CT molecular complexity index is 242. The fraction of sp³-hybridized carbons (Fsp3) is 0.143. The van der Waals surface area contributed by atoms with Crippen LogP contribution in [0.1, 0.15) is 4.88 Å². The van der Waals surface area contributed by atoms with Crippen LogP contribution in [0.2, 0.25) is 0 Å². The lowest BCUT2D eigenvalue weighted by molar-refractivity contribution is 1.28. The van der Waals surface area contributed by atoms with E-state index < -0.39 is 0 Å². The standard InChI is InChI=1S/C7H8BrNS/c1-5(4-9)7-6(8)2-3-10-7/h2-3H,1,4,9H2. The first-order chi connectivity index (χ1) is 4.75. The molecule has 0 aromatic carbocycles. The number of halogens is 1. The van der Waals surface area contributed by atoms with Crippen molar-refractivity contribution in [2.45, 2.75) is 0 Å². The van der Waals surface area contributed by atoms with E-state index in [0.717, 1.165) is 14.9 Å². The molecule has 1 aromatic rings. The Labute approximate surface area is 72.7 Å². The molecule has 0 atom stereocenters. The van der Waals surface area contributed by atoms with Gasteiger partial charge in [-0.05, 0) is 32.9 Å². The van der Waals surface area contributed by atoms with Crippen molar-refractivity contribution in [3.63, 3.8) is 0 Å². The van der Waals surface area contributed by atoms with Gasteiger partial charge in [-0.15, -0.1) is 11.3 Å². The predicted molar refractivity (Wildman–Crippen MR) is 50.1 cm³/mol. The Hall–Kier alpha value is -0.120. The highest BCUT2D eigenvalue weighted by Crippen LogP contribution is 2.27. The molecule has 0 radical (unpaired) electrons. The summed E-state index contributed by atoms with van der Waals surface area (Å²) in [5, 5.41) is 2.01. The summed E-state index contributed by atoms with van der Waals surface area (Å²) in [7, 11) is 0. The van der Waals surface area contributed by atoms with Gasteiger partial charge in [0, 0.05) is 15.9 Å². The fourth-order valence-electron chi connectivity index (χ4n) is 0.639. The van der Waals surface area contributed by atoms with Gasteiger partial charge in [-0.1, -0.05) is 6.58 Å². The van der Waals surface area contributed by atoms with Crippen LogP contribution in [0.15, 0.2) is 22.5 Å². The number of thiophene rings is 1. The van der Waals surface area contributed by atoms with Crippen molar-refractivity contribution in [1.82, 2.24) is 0 Å². The van der Waals surface area contributed by atoms with Gasteiger partial charge in [0.1, 0.15) is 0 Å². The molecule has 0 spiro atoms. The van der Waals surface area contributed by atoms with E-state index >= 15 is 0 Å². The second kappa shape index (κ2) is 3.32. The van der Waals surface area contributed by atoms with Gasteiger partial charge < -0.3 is 5.73 Å². The first-order valence-corrected chi connectivity index (χ1v) is 4.54. The average molecular weight is 218 g/mol. The summed E-state index contributed by atoms with van der Waals surface area (Å²) in [5.74, 6) is 0. The van der Waals surface area contributed by atoms with E-state index in [1.54, 1.807) is 11.3 Å². The molecule has 1 heterocycles. The predicted octanol–water partition coefficient (Wildman–Crippen LogP) is 2.48. The Morgan fingerprint density at radius 3 is 2.90 bits per heavy atom. The molecule has 0 fully saturated rings. The topological polar surface area (TPSA) is 26.0 Å². The SMILES string of the molecule is C=C(CN)c1sccc1Br. The number of rotatable bonds is 2. The van der Waals surface area contributed by atoms with Crippen LogP contribution in [0, 0.1) is 0 Å². The van der Waals surface area contributed by atoms with Gasteiger partial charge in [-0.2, -0.15) is 0 Å². The van der Waals surface area contributed by atoms with Crippen LogP contribution in [0.5, 0.6) is 0 Å². The summed E-state index contributed by atoms with van der Waals surface area (Å²) in [6, 6.07) is 2.00. The third kappa shape index (κ3) is 1.48. The molecule has 1 nitrogen and oxygen atoms in total. The molecule has 0 saturated heterocycles. The molecule has 1 rings (SSSR count). The second-order valence-electron chi connectivity index (χ2n) is 1.91. The Balaban J connectivity index is 2.93. The van der Waals surface area contributed by atoms with Crippen LogP contribution in [0.3, 0.4) is 0 Å². The molecular weight excluding hydrogens is 210 g/mol. The van der Waals surface area contributed by atoms with Gasteiger partial charge in [0.2, 0.25) is 0 Å². The van der Waals surface area contributed by atoms with Crippen LogP contribution in [-0.4, -0.2) is 6.54 Å². The molecule has 54 valence electrons. The highest BCUT2D eigenvalue weighted by Gasteiger charge is 2.02. The molecular formula is C7H8BrNS. The van der Waals surface area contributed by atoms with Gasteiger partial charge in [0.25, 0.3) is 0 Å². The minimum absolute atomic E-state index is 0.527. The maximum absolute atomic E-state index is 5.42. The van der Waals surface area contributed by atoms with Gasteiger partial charge in [0.05, 0.1) is 0 Å². The minimum atomic E-state index is 0.527. The molecule has 0 amide bonds. The van der Waals surface area contributed by atoms with Crippen LogP contribution >= 0.6 is 27.3 Å². The van der Waals surface area contributed by atoms with Crippen molar-refractivity contribution in [2.24, 2.45) is 5.73 Å². The summed E-state index contributed by atoms with van der Waals surface area (Å²) in [5.41, 5.74) is 6.41. The summed E-state index contributed by atoms with van der Waals surface area (Å²) in [4.78, 5) is 1.16. The molecule has 1 aromatic heterocycles. The number of hydrogen-bond donors (Lipinski definition) is 1. The smallest absolute Gasteiger partial charge is 0.0451 e. The van der Waals surface area contributed by atoms with Crippen molar-refractivity contribution < 1.29 is 0 Å². The van der Waals surface area contributed by atoms with Crippen molar-refractivity contribution in [2.75, 3.05) is 6.54 Å². The van der Waals surface area contributed by atoms with Crippen molar-refractivity contribution in [3.8, 4) is 0 Å². The maximum Gasteiger partial charge on any atom is 0.0451 e. The lowest BCUT2D eigenvalue weighted by Gasteiger charge is -1.97. The van der Waals surface area contributed by atoms with E-state index in [1.807, 2.05) is 11.4 Å². The van der Waals surface area contributed by atoms with Crippen molar-refractivity contribution >= 4 is 32.8 Å². The summed E-state index contributed by atoms with van der Waals surface area (Å²) < 4.78 is 1.09. The third-order valence-corrected chi connectivity index (χ3v) is 3.12. The molecule has 0 bridgehead atoms. The van der Waals surface area contributed by atoms with Crippen molar-refractivity contribution in [1.29, 1.82) is 0 Å². The van der Waals surface area contributed by atoms with E-state index in [0.29, 0.717) is 6.54 Å². The largest absolute Gasteiger partial charge is 0.326 e. The lowest BCUT2D eigenvalue weighted by Crippen LogP contribution is -1.99. The van der Waals surface area contributed by atoms with Gasteiger partial charge in [0.15, 0.2) is 0 Å². The molecule has 0 aliphatic carbocycles. The van der Waals surface area contributed by atoms with E-state index in [9.17, 15) is 0 Å². The Morgan fingerprint density at radius 1 is 1.80 bits per heavy atom. The van der Waals surface area contributed by atoms with Gasteiger partial charge in [-0.3, -0.25) is 0 Å². The highest BCUT2D eigenvalue weighted by atomic mass is 79.9. The lowest BCUT2D eigenvalue weighted by atomic mass is 10.2. The van der Waals surface area contributed by atoms with E-state index in [-0.39, 0.29) is 0 Å². The average Bonchev–Trinajstić information content (AvgIpc) is 2.34. The summed E-state index contributed by atoms with van der Waals surface area (Å²) in [6.45, 7) is 4.36. The van der Waals surface area contributed by atoms with Crippen LogP contribution < -0.4 is 5.73 Å². The normalized spacial score (nSPS) is 9.80. The highest BCUT2D eigenvalue weighted by molar-refractivity contribution is 9.10. The Kier molecular flexibility index (Phi) is 2.65. The molecule has 0 aliphatic heterocycles. The zero-order valence-electron chi connectivity index (χ0n) is 5.43. The van der Waals surface area contributed by atoms with E-state index in [2.05, 4.69) is 22.5 Å². The van der Waals surface area contributed by atoms with E-state index in [1.165, 1.54) is 0 Å². The third-order valence-electron chi connectivity index (χ3n) is 1.18. The van der Waals surface area contributed by atoms with Crippen LogP contribution in [0.25, 0.3) is 5.57 Å². The molecule has 0 saturated carbocycles. The summed E-state index contributed by atoms with van der Waals surface area (Å²) in [6.07, 6.45) is 0.